The predicted octanol–water partition coefficient (Wildman–Crippen LogP) is -1.81. The topological polar surface area (TPSA) is 101 Å². The molecule has 4 N–H and O–H groups in total. The molecule has 1 atom stereocenters. The Hall–Kier alpha value is -0.170. The van der Waals surface area contributed by atoms with Crippen molar-refractivity contribution in [2.24, 2.45) is 5.73 Å². The van der Waals surface area contributed by atoms with Crippen molar-refractivity contribution in [3.63, 3.8) is 0 Å². The Morgan fingerprint density at radius 2 is 2.00 bits per heavy atom. The van der Waals surface area contributed by atoms with Crippen molar-refractivity contribution in [2.45, 2.75) is 6.04 Å². The van der Waals surface area contributed by atoms with Crippen molar-refractivity contribution in [3.8, 4) is 0 Å². The van der Waals surface area contributed by atoms with Crippen LogP contribution in [0.25, 0.3) is 0 Å². The van der Waals surface area contributed by atoms with E-state index in [1.807, 2.05) is 0 Å². The Morgan fingerprint density at radius 1 is 1.56 bits per heavy atom. The first kappa shape index (κ1) is 8.83. The first-order valence-corrected chi connectivity index (χ1v) is 3.88. The normalized spacial score (nSPS) is 15.4. The molecule has 0 rings (SSSR count). The molecule has 0 saturated heterocycles. The van der Waals surface area contributed by atoms with Crippen molar-refractivity contribution in [3.05, 3.63) is 0 Å². The van der Waals surface area contributed by atoms with Crippen molar-refractivity contribution < 1.29 is 18.1 Å². The maximum Gasteiger partial charge on any atom is 0.266 e. The predicted molar refractivity (Wildman–Crippen MR) is 31.5 cm³/mol. The lowest BCUT2D eigenvalue weighted by Crippen LogP contribution is -2.32. The number of hydrogen-bond donors (Lipinski definition) is 3. The van der Waals surface area contributed by atoms with Crippen LogP contribution >= 0.6 is 0 Å². The molecule has 0 aliphatic heterocycles. The van der Waals surface area contributed by atoms with Gasteiger partial charge in [0.2, 0.25) is 0 Å². The second-order valence-electron chi connectivity index (χ2n) is 1.69. The van der Waals surface area contributed by atoms with Gasteiger partial charge in [0.1, 0.15) is 0 Å². The van der Waals surface area contributed by atoms with Crippen LogP contribution in [0, 0.1) is 0 Å². The fourth-order valence-electron chi connectivity index (χ4n) is 0.323. The summed E-state index contributed by atoms with van der Waals surface area (Å²) in [6.45, 7) is -0.445. The van der Waals surface area contributed by atoms with Crippen LogP contribution in [0.4, 0.5) is 0 Å². The molecule has 0 aliphatic rings. The van der Waals surface area contributed by atoms with E-state index in [1.54, 1.807) is 0 Å². The molecule has 56 valence electrons. The Balaban J connectivity index is 3.75. The van der Waals surface area contributed by atoms with Crippen LogP contribution in [0.3, 0.4) is 0 Å². The highest BCUT2D eigenvalue weighted by molar-refractivity contribution is 7.85. The fourth-order valence-corrected chi connectivity index (χ4v) is 0.970. The third-order valence-corrected chi connectivity index (χ3v) is 1.51. The largest absolute Gasteiger partial charge is 0.395 e. The summed E-state index contributed by atoms with van der Waals surface area (Å²) in [5, 5.41) is 8.20. The van der Waals surface area contributed by atoms with Gasteiger partial charge in [0.25, 0.3) is 10.1 Å². The van der Waals surface area contributed by atoms with E-state index in [1.165, 1.54) is 0 Å². The van der Waals surface area contributed by atoms with E-state index >= 15 is 0 Å². The summed E-state index contributed by atoms with van der Waals surface area (Å²) < 4.78 is 28.0. The molecule has 0 aromatic carbocycles. The van der Waals surface area contributed by atoms with Crippen molar-refractivity contribution >= 4 is 10.1 Å². The quantitative estimate of drug-likeness (QED) is 0.417. The molecule has 0 fully saturated rings. The van der Waals surface area contributed by atoms with E-state index in [2.05, 4.69) is 0 Å². The maximum absolute atomic E-state index is 9.96. The second kappa shape index (κ2) is 3.11. The van der Waals surface area contributed by atoms with Crippen molar-refractivity contribution in [1.82, 2.24) is 0 Å². The molecule has 0 aliphatic carbocycles. The summed E-state index contributed by atoms with van der Waals surface area (Å²) in [5.41, 5.74) is 4.97. The summed E-state index contributed by atoms with van der Waals surface area (Å²) in [4.78, 5) is 0. The van der Waals surface area contributed by atoms with E-state index in [0.29, 0.717) is 0 Å². The first-order valence-electron chi connectivity index (χ1n) is 2.27. The van der Waals surface area contributed by atoms with Gasteiger partial charge in [-0.05, 0) is 0 Å². The van der Waals surface area contributed by atoms with Crippen LogP contribution in [-0.4, -0.2) is 36.5 Å². The average Bonchev–Trinajstić information content (AvgIpc) is 1.62. The van der Waals surface area contributed by atoms with Gasteiger partial charge in [0.15, 0.2) is 0 Å². The third kappa shape index (κ3) is 5.71. The van der Waals surface area contributed by atoms with Crippen molar-refractivity contribution in [1.29, 1.82) is 0 Å². The minimum absolute atomic E-state index is 0.445. The summed E-state index contributed by atoms with van der Waals surface area (Å²) in [6.07, 6.45) is 0. The summed E-state index contributed by atoms with van der Waals surface area (Å²) >= 11 is 0. The molecule has 9 heavy (non-hydrogen) atoms. The van der Waals surface area contributed by atoms with E-state index in [0.717, 1.165) is 0 Å². The van der Waals surface area contributed by atoms with Crippen LogP contribution in [0.5, 0.6) is 0 Å². The standard InChI is InChI=1S/C3H9NO4S/c4-3(1-5)2-9(6,7)8/h3,5H,1-2,4H2,(H,6,7,8)/t3-/m0/s1. The van der Waals surface area contributed by atoms with Gasteiger partial charge in [-0.2, -0.15) is 8.42 Å². The van der Waals surface area contributed by atoms with Crippen LogP contribution in [-0.2, 0) is 10.1 Å². The van der Waals surface area contributed by atoms with Gasteiger partial charge in [0.05, 0.1) is 12.4 Å². The van der Waals surface area contributed by atoms with E-state index in [9.17, 15) is 8.42 Å². The number of nitrogens with two attached hydrogens (primary N) is 1. The Bertz CT molecular complexity index is 163. The highest BCUT2D eigenvalue weighted by Crippen LogP contribution is 1.84. The molecular weight excluding hydrogens is 146 g/mol. The van der Waals surface area contributed by atoms with E-state index < -0.39 is 28.5 Å². The van der Waals surface area contributed by atoms with Gasteiger partial charge in [-0.15, -0.1) is 0 Å². The van der Waals surface area contributed by atoms with Gasteiger partial charge in [-0.3, -0.25) is 4.55 Å². The zero-order valence-electron chi connectivity index (χ0n) is 4.69. The number of rotatable bonds is 3. The molecule has 0 heterocycles. The third-order valence-electron chi connectivity index (χ3n) is 0.659. The monoisotopic (exact) mass is 155 g/mol. The fraction of sp³-hybridized carbons (Fsp3) is 1.00. The molecular formula is C3H9NO4S. The molecule has 0 saturated carbocycles. The molecule has 0 aromatic rings. The van der Waals surface area contributed by atoms with Crippen LogP contribution in [0.15, 0.2) is 0 Å². The van der Waals surface area contributed by atoms with Gasteiger partial charge >= 0.3 is 0 Å². The van der Waals surface area contributed by atoms with Gasteiger partial charge in [0, 0.05) is 6.04 Å². The number of aliphatic hydroxyl groups is 1. The summed E-state index contributed by atoms with van der Waals surface area (Å²) in [6, 6.07) is -0.889. The zero-order chi connectivity index (χ0) is 7.49. The molecule has 0 bridgehead atoms. The van der Waals surface area contributed by atoms with Crippen LogP contribution in [0.1, 0.15) is 0 Å². The lowest BCUT2D eigenvalue weighted by atomic mass is 10.4. The van der Waals surface area contributed by atoms with Gasteiger partial charge < -0.3 is 10.8 Å². The van der Waals surface area contributed by atoms with Gasteiger partial charge in [-0.25, -0.2) is 0 Å². The molecule has 0 radical (unpaired) electrons. The smallest absolute Gasteiger partial charge is 0.266 e. The minimum Gasteiger partial charge on any atom is -0.395 e. The minimum atomic E-state index is -4.02. The van der Waals surface area contributed by atoms with E-state index in [-0.39, 0.29) is 0 Å². The lowest BCUT2D eigenvalue weighted by molar-refractivity contribution is 0.272. The summed E-state index contributed by atoms with van der Waals surface area (Å²) in [7, 11) is -4.02. The second-order valence-corrected chi connectivity index (χ2v) is 3.19. The molecule has 0 spiro atoms. The lowest BCUT2D eigenvalue weighted by Gasteiger charge is -2.02. The molecule has 6 heteroatoms. The average molecular weight is 155 g/mol. The highest BCUT2D eigenvalue weighted by atomic mass is 32.2. The van der Waals surface area contributed by atoms with Crippen LogP contribution in [0.2, 0.25) is 0 Å². The summed E-state index contributed by atoms with van der Waals surface area (Å²) in [5.74, 6) is -0.594. The maximum atomic E-state index is 9.96. The van der Waals surface area contributed by atoms with Crippen LogP contribution < -0.4 is 5.73 Å². The Labute approximate surface area is 53.2 Å². The molecule has 0 amide bonds. The highest BCUT2D eigenvalue weighted by Gasteiger charge is 2.10. The van der Waals surface area contributed by atoms with Gasteiger partial charge in [-0.1, -0.05) is 0 Å². The molecule has 5 nitrogen and oxygen atoms in total. The number of hydrogen-bond acceptors (Lipinski definition) is 4. The molecule has 0 unspecified atom stereocenters. The van der Waals surface area contributed by atoms with Crippen molar-refractivity contribution in [2.75, 3.05) is 12.4 Å². The Kier molecular flexibility index (Phi) is 3.06. The molecule has 0 aromatic heterocycles. The first-order chi connectivity index (χ1) is 3.95. The zero-order valence-corrected chi connectivity index (χ0v) is 5.50. The SMILES string of the molecule is N[C@@H](CO)CS(=O)(=O)O. The number of aliphatic hydroxyl groups excluding tert-OH is 1. The Morgan fingerprint density at radius 3 is 2.11 bits per heavy atom. The van der Waals surface area contributed by atoms with E-state index in [4.69, 9.17) is 15.4 Å².